The number of benzene rings is 4. The van der Waals surface area contributed by atoms with Gasteiger partial charge < -0.3 is 20.7 Å². The Labute approximate surface area is 277 Å². The monoisotopic (exact) mass is 698 g/mol. The number of aromatic nitrogens is 1. The Balaban J connectivity index is 1.20. The summed E-state index contributed by atoms with van der Waals surface area (Å²) in [5.74, 6) is -0.345. The molecule has 4 aromatic carbocycles. The first-order valence-corrected chi connectivity index (χ1v) is 16.3. The van der Waals surface area contributed by atoms with E-state index in [9.17, 15) is 14.4 Å². The van der Waals surface area contributed by atoms with Crippen molar-refractivity contribution in [2.45, 2.75) is 4.90 Å². The summed E-state index contributed by atoms with van der Waals surface area (Å²) in [4.78, 5) is 44.2. The van der Waals surface area contributed by atoms with Gasteiger partial charge in [0.25, 0.3) is 11.8 Å². The largest absolute Gasteiger partial charge is 0.496 e. The number of anilines is 2. The molecule has 5 rings (SSSR count). The fraction of sp³-hybridized carbons (Fsp3) is 0.0588. The van der Waals surface area contributed by atoms with Gasteiger partial charge in [0.1, 0.15) is 11.4 Å². The summed E-state index contributed by atoms with van der Waals surface area (Å²) in [6.07, 6.45) is 1.57. The standard InChI is InChI=1S/C34H27BrN4O4S2/c1-43-30-10-6-5-9-24(30)19-28(37-32(41)23-7-3-2-4-8-23)33(42)36-26-15-17-27(18-16-26)44-21-31(40)39-34-38-29(20-45-34)22-11-13-25(35)14-12-22/h2-20H,21H2,1H3,(H,36,42)(H,37,41)(H,38,39,40)/b28-19-. The first kappa shape index (κ1) is 31.7. The highest BCUT2D eigenvalue weighted by Crippen LogP contribution is 2.27. The van der Waals surface area contributed by atoms with E-state index in [1.807, 2.05) is 60.0 Å². The second-order valence-corrected chi connectivity index (χ2v) is 12.3. The number of hydrogen-bond donors (Lipinski definition) is 3. The number of amides is 3. The molecule has 0 aliphatic heterocycles. The van der Waals surface area contributed by atoms with Crippen molar-refractivity contribution in [3.63, 3.8) is 0 Å². The van der Waals surface area contributed by atoms with Crippen molar-refractivity contribution in [3.8, 4) is 17.0 Å². The molecule has 0 spiro atoms. The topological polar surface area (TPSA) is 109 Å². The Morgan fingerprint density at radius 1 is 0.889 bits per heavy atom. The van der Waals surface area contributed by atoms with Crippen molar-refractivity contribution in [2.75, 3.05) is 23.5 Å². The van der Waals surface area contributed by atoms with Crippen LogP contribution in [-0.4, -0.2) is 35.6 Å². The lowest BCUT2D eigenvalue weighted by Gasteiger charge is -2.13. The summed E-state index contributed by atoms with van der Waals surface area (Å²) in [5, 5.41) is 10.9. The number of ether oxygens (including phenoxy) is 1. The molecule has 0 radical (unpaired) electrons. The number of hydrogen-bond acceptors (Lipinski definition) is 7. The minimum atomic E-state index is -0.504. The van der Waals surface area contributed by atoms with E-state index in [-0.39, 0.29) is 17.4 Å². The molecule has 8 nitrogen and oxygen atoms in total. The lowest BCUT2D eigenvalue weighted by Crippen LogP contribution is -2.30. The average Bonchev–Trinajstić information content (AvgIpc) is 3.53. The predicted molar refractivity (Wildman–Crippen MR) is 185 cm³/mol. The van der Waals surface area contributed by atoms with Crippen LogP contribution in [0.4, 0.5) is 10.8 Å². The van der Waals surface area contributed by atoms with Gasteiger partial charge in [-0.2, -0.15) is 0 Å². The van der Waals surface area contributed by atoms with Crippen LogP contribution in [0.3, 0.4) is 0 Å². The van der Waals surface area contributed by atoms with Gasteiger partial charge in [-0.05, 0) is 60.7 Å². The molecular weight excluding hydrogens is 672 g/mol. The number of carbonyl (C=O) groups excluding carboxylic acids is 3. The van der Waals surface area contributed by atoms with Crippen LogP contribution < -0.4 is 20.7 Å². The zero-order valence-corrected chi connectivity index (χ0v) is 27.2. The highest BCUT2D eigenvalue weighted by Gasteiger charge is 2.16. The van der Waals surface area contributed by atoms with Gasteiger partial charge >= 0.3 is 0 Å². The van der Waals surface area contributed by atoms with Crippen molar-refractivity contribution >= 4 is 73.6 Å². The number of methoxy groups -OCH3 is 1. The molecule has 0 aliphatic carbocycles. The van der Waals surface area contributed by atoms with Gasteiger partial charge in [-0.25, -0.2) is 4.98 Å². The predicted octanol–water partition coefficient (Wildman–Crippen LogP) is 7.72. The molecule has 0 unspecified atom stereocenters. The van der Waals surface area contributed by atoms with Crippen LogP contribution in [0, 0.1) is 0 Å². The van der Waals surface area contributed by atoms with E-state index in [2.05, 4.69) is 36.9 Å². The molecule has 3 N–H and O–H groups in total. The molecule has 0 saturated heterocycles. The highest BCUT2D eigenvalue weighted by molar-refractivity contribution is 9.10. The third-order valence-corrected chi connectivity index (χ3v) is 8.64. The maximum absolute atomic E-state index is 13.4. The Kier molecular flexibility index (Phi) is 10.8. The minimum absolute atomic E-state index is 0.0500. The molecule has 45 heavy (non-hydrogen) atoms. The van der Waals surface area contributed by atoms with Gasteiger partial charge in [0.05, 0.1) is 18.6 Å². The first-order chi connectivity index (χ1) is 21.9. The summed E-state index contributed by atoms with van der Waals surface area (Å²) in [7, 11) is 1.54. The second kappa shape index (κ2) is 15.3. The number of thioether (sulfide) groups is 1. The number of nitrogens with zero attached hydrogens (tertiary/aromatic N) is 1. The van der Waals surface area contributed by atoms with Crippen LogP contribution in [0.5, 0.6) is 5.75 Å². The Hall–Kier alpha value is -4.71. The van der Waals surface area contributed by atoms with Gasteiger partial charge in [-0.3, -0.25) is 14.4 Å². The minimum Gasteiger partial charge on any atom is -0.496 e. The lowest BCUT2D eigenvalue weighted by atomic mass is 10.1. The number of halogens is 1. The number of carbonyl (C=O) groups is 3. The van der Waals surface area contributed by atoms with Gasteiger partial charge in [0, 0.05) is 37.1 Å². The van der Waals surface area contributed by atoms with Crippen LogP contribution in [0.2, 0.25) is 0 Å². The van der Waals surface area contributed by atoms with Gasteiger partial charge in [0.2, 0.25) is 5.91 Å². The molecule has 5 aromatic rings. The molecular formula is C34H27BrN4O4S2. The van der Waals surface area contributed by atoms with Gasteiger partial charge in [-0.1, -0.05) is 64.5 Å². The van der Waals surface area contributed by atoms with Crippen LogP contribution in [-0.2, 0) is 9.59 Å². The molecule has 226 valence electrons. The Morgan fingerprint density at radius 2 is 1.60 bits per heavy atom. The normalized spacial score (nSPS) is 11.0. The van der Waals surface area contributed by atoms with E-state index in [0.29, 0.717) is 27.7 Å². The molecule has 0 bridgehead atoms. The SMILES string of the molecule is COc1ccccc1/C=C(\NC(=O)c1ccccc1)C(=O)Nc1ccc(SCC(=O)Nc2nc(-c3ccc(Br)cc3)cs2)cc1. The number of para-hydroxylation sites is 1. The third kappa shape index (κ3) is 8.91. The number of nitrogens with one attached hydrogen (secondary N) is 3. The summed E-state index contributed by atoms with van der Waals surface area (Å²) in [5.41, 5.74) is 3.39. The van der Waals surface area contributed by atoms with Crippen LogP contribution in [0.25, 0.3) is 17.3 Å². The van der Waals surface area contributed by atoms with Crippen molar-refractivity contribution in [3.05, 3.63) is 130 Å². The van der Waals surface area contributed by atoms with Gasteiger partial charge in [-0.15, -0.1) is 23.1 Å². The Bertz CT molecular complexity index is 1830. The number of rotatable bonds is 11. The molecule has 11 heteroatoms. The second-order valence-electron chi connectivity index (χ2n) is 9.48. The van der Waals surface area contributed by atoms with E-state index >= 15 is 0 Å². The lowest BCUT2D eigenvalue weighted by molar-refractivity contribution is -0.114. The molecule has 1 aromatic heterocycles. The highest BCUT2D eigenvalue weighted by atomic mass is 79.9. The van der Waals surface area contributed by atoms with E-state index in [4.69, 9.17) is 4.74 Å². The van der Waals surface area contributed by atoms with Crippen molar-refractivity contribution < 1.29 is 19.1 Å². The van der Waals surface area contributed by atoms with Crippen LogP contribution >= 0.6 is 39.0 Å². The number of thiazole rings is 1. The zero-order valence-electron chi connectivity index (χ0n) is 24.0. The maximum atomic E-state index is 13.4. The summed E-state index contributed by atoms with van der Waals surface area (Å²) < 4.78 is 6.41. The van der Waals surface area contributed by atoms with Crippen molar-refractivity contribution in [1.82, 2.24) is 10.3 Å². The van der Waals surface area contributed by atoms with Crippen molar-refractivity contribution in [2.24, 2.45) is 0 Å². The smallest absolute Gasteiger partial charge is 0.272 e. The van der Waals surface area contributed by atoms with E-state index in [0.717, 1.165) is 20.6 Å². The first-order valence-electron chi connectivity index (χ1n) is 13.6. The Morgan fingerprint density at radius 3 is 2.33 bits per heavy atom. The summed E-state index contributed by atoms with van der Waals surface area (Å²) >= 11 is 6.16. The third-order valence-electron chi connectivity index (χ3n) is 6.34. The molecule has 1 heterocycles. The van der Waals surface area contributed by atoms with Crippen molar-refractivity contribution in [1.29, 1.82) is 0 Å². The molecule has 0 atom stereocenters. The maximum Gasteiger partial charge on any atom is 0.272 e. The molecule has 3 amide bonds. The molecule has 0 fully saturated rings. The summed E-state index contributed by atoms with van der Waals surface area (Å²) in [6, 6.07) is 30.8. The fourth-order valence-electron chi connectivity index (χ4n) is 4.11. The zero-order chi connectivity index (χ0) is 31.6. The van der Waals surface area contributed by atoms with Gasteiger partial charge in [0.15, 0.2) is 5.13 Å². The van der Waals surface area contributed by atoms with E-state index < -0.39 is 11.8 Å². The van der Waals surface area contributed by atoms with E-state index in [1.165, 1.54) is 23.1 Å². The van der Waals surface area contributed by atoms with Crippen LogP contribution in [0.15, 0.2) is 124 Å². The average molecular weight is 700 g/mol. The van der Waals surface area contributed by atoms with Crippen LogP contribution in [0.1, 0.15) is 15.9 Å². The quantitative estimate of drug-likeness (QED) is 0.0963. The molecule has 0 aliphatic rings. The molecule has 0 saturated carbocycles. The van der Waals surface area contributed by atoms with E-state index in [1.54, 1.807) is 61.7 Å². The fourth-order valence-corrected chi connectivity index (χ4v) is 5.80. The summed E-state index contributed by atoms with van der Waals surface area (Å²) in [6.45, 7) is 0.